The molecule has 1 aliphatic rings. The highest BCUT2D eigenvalue weighted by molar-refractivity contribution is 5.96. The summed E-state index contributed by atoms with van der Waals surface area (Å²) in [5, 5.41) is 9.78. The van der Waals surface area contributed by atoms with Gasteiger partial charge in [0.15, 0.2) is 0 Å². The molecule has 0 radical (unpaired) electrons. The second kappa shape index (κ2) is 7.70. The van der Waals surface area contributed by atoms with Gasteiger partial charge in [0.1, 0.15) is 11.4 Å². The van der Waals surface area contributed by atoms with E-state index < -0.39 is 11.4 Å². The maximum absolute atomic E-state index is 12.7. The average Bonchev–Trinajstić information content (AvgIpc) is 2.76. The highest BCUT2D eigenvalue weighted by atomic mass is 16.4. The number of carboxylic acids is 1. The number of hydrogen-bond acceptors (Lipinski definition) is 6. The van der Waals surface area contributed by atoms with Crippen LogP contribution >= 0.6 is 0 Å². The first-order valence-electron chi connectivity index (χ1n) is 9.85. The highest BCUT2D eigenvalue weighted by Gasteiger charge is 2.23. The summed E-state index contributed by atoms with van der Waals surface area (Å²) in [6.45, 7) is 3.34. The summed E-state index contributed by atoms with van der Waals surface area (Å²) in [5.41, 5.74) is 1.98. The average molecular weight is 407 g/mol. The van der Waals surface area contributed by atoms with Crippen LogP contribution in [0.5, 0.6) is 0 Å². The third kappa shape index (κ3) is 3.45. The molecule has 1 aromatic carbocycles. The predicted molar refractivity (Wildman–Crippen MR) is 119 cm³/mol. The van der Waals surface area contributed by atoms with Crippen LogP contribution in [0.3, 0.4) is 0 Å². The molecule has 1 fully saturated rings. The van der Waals surface area contributed by atoms with Crippen molar-refractivity contribution in [2.45, 2.75) is 0 Å². The Labute approximate surface area is 174 Å². The van der Waals surface area contributed by atoms with Crippen molar-refractivity contribution in [3.05, 3.63) is 58.5 Å². The molecule has 0 spiro atoms. The van der Waals surface area contributed by atoms with E-state index in [2.05, 4.69) is 14.8 Å². The van der Waals surface area contributed by atoms with Crippen LogP contribution in [0.2, 0.25) is 0 Å². The van der Waals surface area contributed by atoms with E-state index >= 15 is 0 Å². The topological polar surface area (TPSA) is 81.9 Å². The first-order chi connectivity index (χ1) is 14.4. The van der Waals surface area contributed by atoms with Crippen LogP contribution < -0.4 is 20.1 Å². The van der Waals surface area contributed by atoms with Crippen molar-refractivity contribution in [2.75, 3.05) is 55.0 Å². The lowest BCUT2D eigenvalue weighted by atomic mass is 10.1. The molecule has 0 saturated carbocycles. The normalized spacial score (nSPS) is 14.2. The van der Waals surface area contributed by atoms with Gasteiger partial charge < -0.3 is 24.4 Å². The van der Waals surface area contributed by atoms with E-state index in [1.54, 1.807) is 17.8 Å². The summed E-state index contributed by atoms with van der Waals surface area (Å²) in [4.78, 5) is 35.2. The fourth-order valence-electron chi connectivity index (χ4n) is 3.99. The smallest absolute Gasteiger partial charge is 0.341 e. The Hall–Kier alpha value is -3.55. The van der Waals surface area contributed by atoms with Gasteiger partial charge in [-0.2, -0.15) is 0 Å². The van der Waals surface area contributed by atoms with Crippen LogP contribution in [0, 0.1) is 0 Å². The maximum Gasteiger partial charge on any atom is 0.341 e. The minimum atomic E-state index is -1.21. The molecule has 1 aliphatic heterocycles. The number of aromatic carboxylic acids is 1. The van der Waals surface area contributed by atoms with Crippen molar-refractivity contribution in [3.8, 4) is 0 Å². The molecule has 2 aromatic heterocycles. The van der Waals surface area contributed by atoms with Crippen LogP contribution in [-0.2, 0) is 7.05 Å². The lowest BCUT2D eigenvalue weighted by Crippen LogP contribution is -2.47. The van der Waals surface area contributed by atoms with Crippen LogP contribution in [-0.4, -0.2) is 60.9 Å². The number of anilines is 3. The van der Waals surface area contributed by atoms with E-state index in [-0.39, 0.29) is 5.56 Å². The molecule has 3 aromatic rings. The van der Waals surface area contributed by atoms with Crippen molar-refractivity contribution < 1.29 is 9.90 Å². The summed E-state index contributed by atoms with van der Waals surface area (Å²) in [7, 11) is 5.63. The number of fused-ring (bicyclic) bond motifs is 1. The Bertz CT molecular complexity index is 1150. The Morgan fingerprint density at radius 3 is 2.40 bits per heavy atom. The maximum atomic E-state index is 12.7. The molecule has 4 rings (SSSR count). The molecule has 8 heteroatoms. The quantitative estimate of drug-likeness (QED) is 0.709. The first kappa shape index (κ1) is 19.8. The highest BCUT2D eigenvalue weighted by Crippen LogP contribution is 2.33. The Balaban J connectivity index is 1.73. The number of carboxylic acid groups (broad SMARTS) is 1. The van der Waals surface area contributed by atoms with Crippen molar-refractivity contribution in [1.82, 2.24) is 9.55 Å². The lowest BCUT2D eigenvalue weighted by molar-refractivity contribution is 0.0695. The van der Waals surface area contributed by atoms with E-state index in [9.17, 15) is 14.7 Å². The number of rotatable bonds is 4. The van der Waals surface area contributed by atoms with E-state index in [0.717, 1.165) is 48.9 Å². The van der Waals surface area contributed by atoms with Crippen molar-refractivity contribution >= 4 is 34.1 Å². The van der Waals surface area contributed by atoms with Gasteiger partial charge in [-0.3, -0.25) is 4.79 Å². The van der Waals surface area contributed by atoms with Crippen molar-refractivity contribution in [2.24, 2.45) is 7.05 Å². The Morgan fingerprint density at radius 1 is 1.10 bits per heavy atom. The van der Waals surface area contributed by atoms with Gasteiger partial charge in [0, 0.05) is 65.1 Å². The number of pyridine rings is 2. The molecular formula is C22H25N5O3. The van der Waals surface area contributed by atoms with Gasteiger partial charge in [-0.1, -0.05) is 6.07 Å². The number of piperazine rings is 1. The third-order valence-corrected chi connectivity index (χ3v) is 5.59. The molecule has 0 bridgehead atoms. The number of nitrogens with zero attached hydrogens (tertiary/aromatic N) is 5. The molecule has 0 aliphatic carbocycles. The van der Waals surface area contributed by atoms with Crippen molar-refractivity contribution in [1.29, 1.82) is 0 Å². The fraction of sp³-hybridized carbons (Fsp3) is 0.318. The number of carbonyl (C=O) groups is 1. The van der Waals surface area contributed by atoms with Crippen LogP contribution in [0.1, 0.15) is 10.4 Å². The molecule has 1 N–H and O–H groups in total. The third-order valence-electron chi connectivity index (χ3n) is 5.59. The first-order valence-corrected chi connectivity index (χ1v) is 9.85. The monoisotopic (exact) mass is 407 g/mol. The van der Waals surface area contributed by atoms with E-state index in [1.165, 1.54) is 6.20 Å². The van der Waals surface area contributed by atoms with E-state index in [0.29, 0.717) is 5.39 Å². The van der Waals surface area contributed by atoms with Gasteiger partial charge in [0.25, 0.3) is 0 Å². The zero-order valence-electron chi connectivity index (χ0n) is 17.4. The molecule has 1 saturated heterocycles. The summed E-state index contributed by atoms with van der Waals surface area (Å²) in [6, 6.07) is 9.73. The second-order valence-corrected chi connectivity index (χ2v) is 7.70. The SMILES string of the molecule is CN(C)c1cc2c(=O)c(C(=O)O)cn(C)c2cc1N1CCN(c2ccccn2)CC1. The molecule has 3 heterocycles. The zero-order chi connectivity index (χ0) is 21.4. The van der Waals surface area contributed by atoms with E-state index in [1.807, 2.05) is 49.3 Å². The van der Waals surface area contributed by atoms with Crippen LogP contribution in [0.4, 0.5) is 17.2 Å². The molecule has 0 atom stereocenters. The summed E-state index contributed by atoms with van der Waals surface area (Å²) < 4.78 is 1.72. The van der Waals surface area contributed by atoms with Gasteiger partial charge >= 0.3 is 5.97 Å². The zero-order valence-corrected chi connectivity index (χ0v) is 17.4. The fourth-order valence-corrected chi connectivity index (χ4v) is 3.99. The molecule has 156 valence electrons. The Kier molecular flexibility index (Phi) is 5.07. The molecule has 30 heavy (non-hydrogen) atoms. The second-order valence-electron chi connectivity index (χ2n) is 7.70. The van der Waals surface area contributed by atoms with Gasteiger partial charge in [0.2, 0.25) is 5.43 Å². The minimum absolute atomic E-state index is 0.216. The summed E-state index contributed by atoms with van der Waals surface area (Å²) >= 11 is 0. The molecule has 0 amide bonds. The standard InChI is InChI=1S/C22H25N5O3/c1-24(2)18-12-15-17(25(3)14-16(21(15)28)22(29)30)13-19(18)26-8-10-27(11-9-26)20-6-4-5-7-23-20/h4-7,12-14H,8-11H2,1-3H3,(H,29,30). The van der Waals surface area contributed by atoms with Gasteiger partial charge in [0.05, 0.1) is 16.9 Å². The van der Waals surface area contributed by atoms with Crippen LogP contribution in [0.25, 0.3) is 10.9 Å². The van der Waals surface area contributed by atoms with Gasteiger partial charge in [-0.05, 0) is 24.3 Å². The van der Waals surface area contributed by atoms with Gasteiger partial charge in [-0.15, -0.1) is 0 Å². The minimum Gasteiger partial charge on any atom is -0.477 e. The molecule has 8 nitrogen and oxygen atoms in total. The molecule has 0 unspecified atom stereocenters. The number of hydrogen-bond donors (Lipinski definition) is 1. The number of aromatic nitrogens is 2. The number of benzene rings is 1. The summed E-state index contributed by atoms with van der Waals surface area (Å²) in [6.07, 6.45) is 3.20. The van der Waals surface area contributed by atoms with E-state index in [4.69, 9.17) is 0 Å². The molecular weight excluding hydrogens is 382 g/mol. The predicted octanol–water partition coefficient (Wildman–Crippen LogP) is 2.02. The van der Waals surface area contributed by atoms with Gasteiger partial charge in [-0.25, -0.2) is 9.78 Å². The lowest BCUT2D eigenvalue weighted by Gasteiger charge is -2.38. The van der Waals surface area contributed by atoms with Crippen LogP contribution in [0.15, 0.2) is 47.5 Å². The number of aryl methyl sites for hydroxylation is 1. The Morgan fingerprint density at radius 2 is 1.80 bits per heavy atom. The van der Waals surface area contributed by atoms with Crippen molar-refractivity contribution in [3.63, 3.8) is 0 Å². The largest absolute Gasteiger partial charge is 0.477 e. The summed E-state index contributed by atoms with van der Waals surface area (Å²) in [5.74, 6) is -0.231.